The maximum absolute atomic E-state index is 13.2. The van der Waals surface area contributed by atoms with Crippen LogP contribution in [0.25, 0.3) is 0 Å². The molecule has 1 fully saturated rings. The van der Waals surface area contributed by atoms with Gasteiger partial charge in [0.15, 0.2) is 0 Å². The molecule has 1 saturated heterocycles. The van der Waals surface area contributed by atoms with Gasteiger partial charge in [-0.15, -0.1) is 0 Å². The van der Waals surface area contributed by atoms with Gasteiger partial charge in [0, 0.05) is 6.54 Å². The van der Waals surface area contributed by atoms with Crippen molar-refractivity contribution in [2.75, 3.05) is 13.7 Å². The Labute approximate surface area is 170 Å². The first kappa shape index (κ1) is 20.6. The number of ether oxygens (including phenoxy) is 1. The van der Waals surface area contributed by atoms with Gasteiger partial charge in [0.25, 0.3) is 0 Å². The first-order valence-electron chi connectivity index (χ1n) is 9.75. The average Bonchev–Trinajstić information content (AvgIpc) is 2.74. The van der Waals surface area contributed by atoms with E-state index in [-0.39, 0.29) is 30.9 Å². The molecule has 2 aromatic carbocycles. The maximum atomic E-state index is 13.2. The summed E-state index contributed by atoms with van der Waals surface area (Å²) in [5, 5.41) is 2.96. The molecule has 1 heterocycles. The number of carbonyl (C=O) groups is 3. The van der Waals surface area contributed by atoms with Crippen molar-refractivity contribution in [1.82, 2.24) is 10.2 Å². The van der Waals surface area contributed by atoms with Crippen LogP contribution in [-0.4, -0.2) is 36.3 Å². The van der Waals surface area contributed by atoms with Crippen LogP contribution < -0.4 is 5.32 Å². The van der Waals surface area contributed by atoms with E-state index in [0.29, 0.717) is 12.8 Å². The van der Waals surface area contributed by atoms with Crippen LogP contribution in [0.4, 0.5) is 0 Å². The molecule has 0 bridgehead atoms. The Kier molecular flexibility index (Phi) is 6.65. The summed E-state index contributed by atoms with van der Waals surface area (Å²) >= 11 is 0. The van der Waals surface area contributed by atoms with Crippen molar-refractivity contribution in [3.8, 4) is 0 Å². The molecule has 6 nitrogen and oxygen atoms in total. The Morgan fingerprint density at radius 3 is 2.41 bits per heavy atom. The van der Waals surface area contributed by atoms with E-state index < -0.39 is 11.9 Å². The van der Waals surface area contributed by atoms with Gasteiger partial charge in [-0.05, 0) is 36.5 Å². The van der Waals surface area contributed by atoms with Gasteiger partial charge in [0.1, 0.15) is 12.5 Å². The van der Waals surface area contributed by atoms with Crippen LogP contribution in [0.5, 0.6) is 0 Å². The number of piperidine rings is 1. The molecular weight excluding hydrogens is 368 g/mol. The minimum atomic E-state index is -0.802. The molecule has 152 valence electrons. The largest absolute Gasteiger partial charge is 0.468 e. The summed E-state index contributed by atoms with van der Waals surface area (Å²) in [5.41, 5.74) is 2.98. The van der Waals surface area contributed by atoms with Crippen molar-refractivity contribution in [1.29, 1.82) is 0 Å². The van der Waals surface area contributed by atoms with Gasteiger partial charge in [-0.3, -0.25) is 14.4 Å². The highest BCUT2D eigenvalue weighted by molar-refractivity contribution is 6.01. The molecule has 2 aromatic rings. The highest BCUT2D eigenvalue weighted by Crippen LogP contribution is 2.28. The fraction of sp³-hybridized carbons (Fsp3) is 0.348. The zero-order valence-corrected chi connectivity index (χ0v) is 16.8. The normalized spacial score (nSPS) is 18.6. The van der Waals surface area contributed by atoms with Gasteiger partial charge in [-0.2, -0.15) is 0 Å². The lowest BCUT2D eigenvalue weighted by Gasteiger charge is -2.32. The Hall–Kier alpha value is -3.15. The molecule has 1 aliphatic rings. The first-order valence-corrected chi connectivity index (χ1v) is 9.75. The predicted molar refractivity (Wildman–Crippen MR) is 109 cm³/mol. The van der Waals surface area contributed by atoms with Crippen LogP contribution in [0.15, 0.2) is 54.6 Å². The van der Waals surface area contributed by atoms with Gasteiger partial charge in [-0.25, -0.2) is 0 Å². The maximum Gasteiger partial charge on any atom is 0.325 e. The molecule has 2 atom stereocenters. The molecule has 0 aromatic heterocycles. The number of rotatable bonds is 6. The summed E-state index contributed by atoms with van der Waals surface area (Å²) in [5.74, 6) is -1.95. The van der Waals surface area contributed by atoms with Crippen molar-refractivity contribution < 1.29 is 19.1 Å². The highest BCUT2D eigenvalue weighted by Gasteiger charge is 2.36. The van der Waals surface area contributed by atoms with E-state index in [1.165, 1.54) is 12.0 Å². The molecule has 0 aliphatic carbocycles. The summed E-state index contributed by atoms with van der Waals surface area (Å²) in [6.45, 7) is 2.02. The third-order valence-corrected chi connectivity index (χ3v) is 5.36. The third-order valence-electron chi connectivity index (χ3n) is 5.36. The number of benzene rings is 2. The van der Waals surface area contributed by atoms with Crippen molar-refractivity contribution >= 4 is 17.8 Å². The first-order chi connectivity index (χ1) is 14.0. The molecule has 1 aliphatic heterocycles. The Morgan fingerprint density at radius 1 is 1.07 bits per heavy atom. The molecule has 2 unspecified atom stereocenters. The second-order valence-corrected chi connectivity index (χ2v) is 7.30. The van der Waals surface area contributed by atoms with E-state index >= 15 is 0 Å². The minimum Gasteiger partial charge on any atom is -0.468 e. The number of carbonyl (C=O) groups excluding carboxylic acids is 3. The molecule has 3 rings (SSSR count). The molecule has 1 N–H and O–H groups in total. The average molecular weight is 394 g/mol. The summed E-state index contributed by atoms with van der Waals surface area (Å²) in [7, 11) is 1.29. The van der Waals surface area contributed by atoms with Crippen LogP contribution in [0.3, 0.4) is 0 Å². The molecule has 6 heteroatoms. The Morgan fingerprint density at radius 2 is 1.76 bits per heavy atom. The van der Waals surface area contributed by atoms with E-state index in [2.05, 4.69) is 5.32 Å². The fourth-order valence-electron chi connectivity index (χ4n) is 3.63. The van der Waals surface area contributed by atoms with Crippen LogP contribution in [-0.2, 0) is 25.7 Å². The second kappa shape index (κ2) is 9.37. The minimum absolute atomic E-state index is 0.0989. The van der Waals surface area contributed by atoms with Crippen LogP contribution in [0.2, 0.25) is 0 Å². The zero-order valence-electron chi connectivity index (χ0n) is 16.8. The lowest BCUT2D eigenvalue weighted by atomic mass is 9.89. The van der Waals surface area contributed by atoms with E-state index in [9.17, 15) is 14.4 Å². The van der Waals surface area contributed by atoms with Crippen molar-refractivity contribution in [3.05, 3.63) is 71.3 Å². The fourth-order valence-corrected chi connectivity index (χ4v) is 3.63. The summed E-state index contributed by atoms with van der Waals surface area (Å²) in [4.78, 5) is 39.2. The number of nitrogens with zero attached hydrogens (tertiary/aromatic N) is 1. The molecule has 29 heavy (non-hydrogen) atoms. The predicted octanol–water partition coefficient (Wildman–Crippen LogP) is 2.76. The standard InChI is InChI=1S/C23H26N2O4/c1-16-8-6-7-11-18(16)14-25(15-21(26)29-2)23(28)19-12-13-20(24-22(19)27)17-9-4-3-5-10-17/h3-11,19-20H,12-15H2,1-2H3,(H,24,27). The Balaban J connectivity index is 1.74. The number of amides is 2. The van der Waals surface area contributed by atoms with E-state index in [4.69, 9.17) is 4.74 Å². The van der Waals surface area contributed by atoms with Gasteiger partial charge in [-0.1, -0.05) is 54.6 Å². The molecule has 0 spiro atoms. The van der Waals surface area contributed by atoms with E-state index in [0.717, 1.165) is 16.7 Å². The van der Waals surface area contributed by atoms with Gasteiger partial charge >= 0.3 is 5.97 Å². The molecule has 0 radical (unpaired) electrons. The lowest BCUT2D eigenvalue weighted by Crippen LogP contribution is -2.48. The quantitative estimate of drug-likeness (QED) is 0.604. The molecule has 2 amide bonds. The summed E-state index contributed by atoms with van der Waals surface area (Å²) in [6.07, 6.45) is 1.11. The number of nitrogens with one attached hydrogen (secondary N) is 1. The van der Waals surface area contributed by atoms with Crippen molar-refractivity contribution in [2.24, 2.45) is 5.92 Å². The Bertz CT molecular complexity index is 881. The molecule has 0 saturated carbocycles. The monoisotopic (exact) mass is 394 g/mol. The summed E-state index contributed by atoms with van der Waals surface area (Å²) < 4.78 is 4.75. The van der Waals surface area contributed by atoms with Gasteiger partial charge in [0.2, 0.25) is 11.8 Å². The SMILES string of the molecule is COC(=O)CN(Cc1ccccc1C)C(=O)C1CCC(c2ccccc2)NC1=O. The van der Waals surface area contributed by atoms with Crippen molar-refractivity contribution in [2.45, 2.75) is 32.4 Å². The molecular formula is C23H26N2O4. The third kappa shape index (κ3) is 5.02. The van der Waals surface area contributed by atoms with Gasteiger partial charge in [0.05, 0.1) is 13.2 Å². The smallest absolute Gasteiger partial charge is 0.325 e. The number of esters is 1. The van der Waals surface area contributed by atoms with E-state index in [1.807, 2.05) is 61.5 Å². The number of hydrogen-bond donors (Lipinski definition) is 1. The van der Waals surface area contributed by atoms with Crippen LogP contribution >= 0.6 is 0 Å². The zero-order chi connectivity index (χ0) is 20.8. The second-order valence-electron chi connectivity index (χ2n) is 7.30. The van der Waals surface area contributed by atoms with E-state index in [1.54, 1.807) is 0 Å². The topological polar surface area (TPSA) is 75.7 Å². The van der Waals surface area contributed by atoms with Crippen LogP contribution in [0.1, 0.15) is 35.6 Å². The van der Waals surface area contributed by atoms with Crippen LogP contribution in [0, 0.1) is 12.8 Å². The number of aryl methyl sites for hydroxylation is 1. The van der Waals surface area contributed by atoms with Crippen molar-refractivity contribution in [3.63, 3.8) is 0 Å². The number of methoxy groups -OCH3 is 1. The number of hydrogen-bond acceptors (Lipinski definition) is 4. The lowest BCUT2D eigenvalue weighted by molar-refractivity contribution is -0.152. The highest BCUT2D eigenvalue weighted by atomic mass is 16.5. The summed E-state index contributed by atoms with van der Waals surface area (Å²) in [6, 6.07) is 17.3. The van der Waals surface area contributed by atoms with Gasteiger partial charge < -0.3 is 15.0 Å².